The predicted molar refractivity (Wildman–Crippen MR) is 125 cm³/mol. The third-order valence-electron chi connectivity index (χ3n) is 5.83. The first-order valence-electron chi connectivity index (χ1n) is 10.2. The highest BCUT2D eigenvalue weighted by molar-refractivity contribution is 9.10. The van der Waals surface area contributed by atoms with Gasteiger partial charge in [0.2, 0.25) is 5.91 Å². The molecule has 31 heavy (non-hydrogen) atoms. The lowest BCUT2D eigenvalue weighted by molar-refractivity contribution is -0.129. The third kappa shape index (κ3) is 5.23. The van der Waals surface area contributed by atoms with E-state index in [1.807, 2.05) is 60.7 Å². The van der Waals surface area contributed by atoms with Crippen LogP contribution < -0.4 is 5.32 Å². The highest BCUT2D eigenvalue weighted by Gasteiger charge is 2.36. The molecule has 4 rings (SSSR count). The topological polar surface area (TPSA) is 59.1 Å². The maximum absolute atomic E-state index is 13.5. The Hall–Kier alpha value is -2.50. The van der Waals surface area contributed by atoms with Gasteiger partial charge in [0.15, 0.2) is 0 Å². The minimum atomic E-state index is -0.323. The van der Waals surface area contributed by atoms with Crippen molar-refractivity contribution in [2.75, 3.05) is 0 Å². The molecule has 4 nitrogen and oxygen atoms in total. The second kappa shape index (κ2) is 9.75. The van der Waals surface area contributed by atoms with Gasteiger partial charge in [0.1, 0.15) is 5.78 Å². The molecule has 0 aliphatic heterocycles. The first kappa shape index (κ1) is 21.7. The predicted octanol–water partition coefficient (Wildman–Crippen LogP) is 5.86. The van der Waals surface area contributed by atoms with Crippen molar-refractivity contribution in [3.05, 3.63) is 99.2 Å². The number of benzene rings is 2. The molecule has 6 heteroatoms. The molecule has 1 saturated carbocycles. The van der Waals surface area contributed by atoms with Crippen LogP contribution in [0.25, 0.3) is 0 Å². The van der Waals surface area contributed by atoms with Gasteiger partial charge in [0.25, 0.3) is 0 Å². The van der Waals surface area contributed by atoms with Gasteiger partial charge in [0.05, 0.1) is 6.04 Å². The Morgan fingerprint density at radius 2 is 1.65 bits per heavy atom. The van der Waals surface area contributed by atoms with E-state index in [1.54, 1.807) is 12.4 Å². The molecule has 1 aromatic heterocycles. The van der Waals surface area contributed by atoms with Crippen LogP contribution in [-0.4, -0.2) is 16.7 Å². The summed E-state index contributed by atoms with van der Waals surface area (Å²) < 4.78 is 0.972. The van der Waals surface area contributed by atoms with Gasteiger partial charge in [-0.1, -0.05) is 51.8 Å². The minimum absolute atomic E-state index is 0.0443. The van der Waals surface area contributed by atoms with Crippen molar-refractivity contribution in [2.45, 2.75) is 31.2 Å². The van der Waals surface area contributed by atoms with Crippen LogP contribution in [0.1, 0.15) is 47.9 Å². The van der Waals surface area contributed by atoms with Crippen LogP contribution >= 0.6 is 27.5 Å². The van der Waals surface area contributed by atoms with Crippen molar-refractivity contribution in [1.29, 1.82) is 0 Å². The summed E-state index contributed by atoms with van der Waals surface area (Å²) in [6.45, 7) is 0. The lowest BCUT2D eigenvalue weighted by atomic mass is 9.74. The van der Waals surface area contributed by atoms with Gasteiger partial charge in [-0.2, -0.15) is 0 Å². The second-order valence-electron chi connectivity index (χ2n) is 7.82. The van der Waals surface area contributed by atoms with Crippen molar-refractivity contribution in [1.82, 2.24) is 10.3 Å². The van der Waals surface area contributed by atoms with Crippen molar-refractivity contribution in [3.63, 3.8) is 0 Å². The van der Waals surface area contributed by atoms with Gasteiger partial charge >= 0.3 is 0 Å². The van der Waals surface area contributed by atoms with Crippen LogP contribution in [0.2, 0.25) is 5.02 Å². The van der Waals surface area contributed by atoms with E-state index in [9.17, 15) is 9.59 Å². The Balaban J connectivity index is 1.62. The molecule has 1 aliphatic rings. The van der Waals surface area contributed by atoms with Gasteiger partial charge in [0, 0.05) is 46.6 Å². The number of nitrogens with one attached hydrogen (secondary N) is 1. The summed E-state index contributed by atoms with van der Waals surface area (Å²) in [5.74, 6) is -0.231. The summed E-state index contributed by atoms with van der Waals surface area (Å²) in [6.07, 6.45) is 4.81. The van der Waals surface area contributed by atoms with E-state index in [4.69, 9.17) is 11.6 Å². The molecule has 0 spiro atoms. The number of Topliss-reactive ketones (excluding diaryl/α,β-unsaturated/α-hetero) is 1. The standard InChI is InChI=1S/C25H22BrClN2O2/c26-19-5-1-16(2-6-19)23-15-21(30)9-10-22(23)25(31)29-24(18-11-13-28-14-12-18)17-3-7-20(27)8-4-17/h1-8,11-14,22-24H,9-10,15H2,(H,29,31)/t22-,23+,24?/m1/s1. The smallest absolute Gasteiger partial charge is 0.224 e. The average Bonchev–Trinajstić information content (AvgIpc) is 2.79. The number of amides is 1. The summed E-state index contributed by atoms with van der Waals surface area (Å²) in [5.41, 5.74) is 2.90. The molecule has 1 unspecified atom stereocenters. The number of ketones is 1. The third-order valence-corrected chi connectivity index (χ3v) is 6.61. The first-order chi connectivity index (χ1) is 15.0. The number of hydrogen-bond donors (Lipinski definition) is 1. The number of halogens is 2. The molecular formula is C25H22BrClN2O2. The van der Waals surface area contributed by atoms with Crippen LogP contribution in [0.4, 0.5) is 0 Å². The van der Waals surface area contributed by atoms with Crippen molar-refractivity contribution >= 4 is 39.2 Å². The fourth-order valence-electron chi connectivity index (χ4n) is 4.20. The molecule has 2 aromatic carbocycles. The van der Waals surface area contributed by atoms with E-state index >= 15 is 0 Å². The molecular weight excluding hydrogens is 476 g/mol. The van der Waals surface area contributed by atoms with Gasteiger partial charge in [-0.05, 0) is 59.5 Å². The van der Waals surface area contributed by atoms with Gasteiger partial charge in [-0.3, -0.25) is 14.6 Å². The number of carbonyl (C=O) groups is 2. The highest BCUT2D eigenvalue weighted by Crippen LogP contribution is 2.37. The zero-order valence-corrected chi connectivity index (χ0v) is 19.1. The molecule has 1 N–H and O–H groups in total. The number of pyridine rings is 1. The number of nitrogens with zero attached hydrogens (tertiary/aromatic N) is 1. The fraction of sp³-hybridized carbons (Fsp3) is 0.240. The molecule has 3 atom stereocenters. The number of carbonyl (C=O) groups excluding carboxylic acids is 2. The molecule has 158 valence electrons. The van der Waals surface area contributed by atoms with E-state index in [0.717, 1.165) is 21.2 Å². The number of rotatable bonds is 5. The van der Waals surface area contributed by atoms with Crippen LogP contribution in [0, 0.1) is 5.92 Å². The summed E-state index contributed by atoms with van der Waals surface area (Å²) in [5, 5.41) is 3.88. The molecule has 0 bridgehead atoms. The van der Waals surface area contributed by atoms with E-state index in [2.05, 4.69) is 26.2 Å². The quantitative estimate of drug-likeness (QED) is 0.480. The van der Waals surface area contributed by atoms with E-state index in [1.165, 1.54) is 0 Å². The van der Waals surface area contributed by atoms with E-state index in [-0.39, 0.29) is 29.6 Å². The Bertz CT molecular complexity index is 1060. The lowest BCUT2D eigenvalue weighted by Crippen LogP contribution is -2.39. The molecule has 1 aliphatic carbocycles. The second-order valence-corrected chi connectivity index (χ2v) is 9.17. The molecule has 1 fully saturated rings. The summed E-state index contributed by atoms with van der Waals surface area (Å²) in [7, 11) is 0. The Morgan fingerprint density at radius 1 is 1.00 bits per heavy atom. The normalized spacial score (nSPS) is 19.6. The SMILES string of the molecule is O=C1CC[C@@H](C(=O)NC(c2ccncc2)c2ccc(Cl)cc2)[C@H](c2ccc(Br)cc2)C1. The minimum Gasteiger partial charge on any atom is -0.345 e. The maximum atomic E-state index is 13.5. The summed E-state index contributed by atoms with van der Waals surface area (Å²) in [6, 6.07) is 18.9. The fourth-order valence-corrected chi connectivity index (χ4v) is 4.59. The van der Waals surface area contributed by atoms with Crippen LogP contribution in [0.5, 0.6) is 0 Å². The lowest BCUT2D eigenvalue weighted by Gasteiger charge is -2.32. The first-order valence-corrected chi connectivity index (χ1v) is 11.4. The Kier molecular flexibility index (Phi) is 6.83. The summed E-state index contributed by atoms with van der Waals surface area (Å²) in [4.78, 5) is 29.8. The largest absolute Gasteiger partial charge is 0.345 e. The van der Waals surface area contributed by atoms with Crippen molar-refractivity contribution < 1.29 is 9.59 Å². The zero-order valence-electron chi connectivity index (χ0n) is 16.8. The van der Waals surface area contributed by atoms with Gasteiger partial charge in [-0.25, -0.2) is 0 Å². The van der Waals surface area contributed by atoms with E-state index in [0.29, 0.717) is 24.3 Å². The van der Waals surface area contributed by atoms with Crippen LogP contribution in [0.3, 0.4) is 0 Å². The van der Waals surface area contributed by atoms with Gasteiger partial charge < -0.3 is 5.32 Å². The van der Waals surface area contributed by atoms with Crippen molar-refractivity contribution in [3.8, 4) is 0 Å². The van der Waals surface area contributed by atoms with Crippen LogP contribution in [-0.2, 0) is 9.59 Å². The molecule has 0 radical (unpaired) electrons. The van der Waals surface area contributed by atoms with Crippen molar-refractivity contribution in [2.24, 2.45) is 5.92 Å². The van der Waals surface area contributed by atoms with Gasteiger partial charge in [-0.15, -0.1) is 0 Å². The highest BCUT2D eigenvalue weighted by atomic mass is 79.9. The molecule has 1 amide bonds. The number of hydrogen-bond acceptors (Lipinski definition) is 3. The average molecular weight is 498 g/mol. The molecule has 1 heterocycles. The zero-order chi connectivity index (χ0) is 21.8. The number of aromatic nitrogens is 1. The Labute approximate surface area is 195 Å². The monoisotopic (exact) mass is 496 g/mol. The molecule has 0 saturated heterocycles. The molecule has 3 aromatic rings. The summed E-state index contributed by atoms with van der Waals surface area (Å²) >= 11 is 9.52. The Morgan fingerprint density at radius 3 is 2.32 bits per heavy atom. The maximum Gasteiger partial charge on any atom is 0.224 e. The van der Waals surface area contributed by atoms with E-state index < -0.39 is 0 Å². The van der Waals surface area contributed by atoms with Crippen LogP contribution in [0.15, 0.2) is 77.5 Å².